The lowest BCUT2D eigenvalue weighted by molar-refractivity contribution is -0.111. The lowest BCUT2D eigenvalue weighted by Crippen LogP contribution is -2.18. The van der Waals surface area contributed by atoms with Gasteiger partial charge in [0.2, 0.25) is 5.91 Å². The van der Waals surface area contributed by atoms with Gasteiger partial charge >= 0.3 is 0 Å². The maximum atomic E-state index is 12.3. The van der Waals surface area contributed by atoms with E-state index < -0.39 is 0 Å². The third-order valence-electron chi connectivity index (χ3n) is 5.01. The van der Waals surface area contributed by atoms with Gasteiger partial charge in [-0.2, -0.15) is 0 Å². The quantitative estimate of drug-likeness (QED) is 0.390. The molecule has 3 aromatic carbocycles. The van der Waals surface area contributed by atoms with Crippen LogP contribution in [0.4, 0.5) is 5.69 Å². The van der Waals surface area contributed by atoms with Gasteiger partial charge in [0.15, 0.2) is 0 Å². The molecule has 5 nitrogen and oxygen atoms in total. The van der Waals surface area contributed by atoms with Crippen molar-refractivity contribution in [1.82, 2.24) is 4.57 Å². The van der Waals surface area contributed by atoms with Crippen LogP contribution in [0.1, 0.15) is 16.7 Å². The molecule has 0 aliphatic carbocycles. The third-order valence-corrected chi connectivity index (χ3v) is 5.01. The minimum absolute atomic E-state index is 0.0467. The van der Waals surface area contributed by atoms with Gasteiger partial charge in [-0.25, -0.2) is 0 Å². The summed E-state index contributed by atoms with van der Waals surface area (Å²) in [6.45, 7) is 0.972. The Morgan fingerprint density at radius 2 is 1.64 bits per heavy atom. The molecule has 33 heavy (non-hydrogen) atoms. The van der Waals surface area contributed by atoms with E-state index in [9.17, 15) is 9.59 Å². The molecule has 4 rings (SSSR count). The number of rotatable bonds is 8. The highest BCUT2D eigenvalue weighted by molar-refractivity contribution is 6.01. The van der Waals surface area contributed by atoms with Crippen LogP contribution in [0.25, 0.3) is 6.08 Å². The Kier molecular flexibility index (Phi) is 7.13. The van der Waals surface area contributed by atoms with E-state index in [4.69, 9.17) is 4.74 Å². The van der Waals surface area contributed by atoms with E-state index in [0.717, 1.165) is 22.4 Å². The second-order valence-corrected chi connectivity index (χ2v) is 7.53. The largest absolute Gasteiger partial charge is 0.489 e. The number of nitrogens with zero attached hydrogens (tertiary/aromatic N) is 1. The van der Waals surface area contributed by atoms with Gasteiger partial charge in [0.05, 0.1) is 6.54 Å². The highest BCUT2D eigenvalue weighted by Gasteiger charge is 2.01. The standard InChI is InChI=1S/C28H24N2O3/c31-27(29-25-15-12-23(13-16-25)20-30-18-5-4-11-28(30)32)17-14-22-9-6-10-26(19-22)33-21-24-7-2-1-3-8-24/h1-19H,20-21H2,(H,29,31). The predicted octanol–water partition coefficient (Wildman–Crippen LogP) is 5.13. The van der Waals surface area contributed by atoms with E-state index in [0.29, 0.717) is 18.8 Å². The summed E-state index contributed by atoms with van der Waals surface area (Å²) in [7, 11) is 0. The average molecular weight is 437 g/mol. The first kappa shape index (κ1) is 21.8. The fourth-order valence-corrected chi connectivity index (χ4v) is 3.29. The Balaban J connectivity index is 1.31. The van der Waals surface area contributed by atoms with Crippen molar-refractivity contribution in [2.45, 2.75) is 13.2 Å². The lowest BCUT2D eigenvalue weighted by Gasteiger charge is -2.07. The molecule has 1 amide bonds. The molecular weight excluding hydrogens is 412 g/mol. The highest BCUT2D eigenvalue weighted by Crippen LogP contribution is 2.17. The Morgan fingerprint density at radius 3 is 2.42 bits per heavy atom. The minimum atomic E-state index is -0.224. The van der Waals surface area contributed by atoms with E-state index in [1.165, 1.54) is 12.1 Å². The van der Waals surface area contributed by atoms with Gasteiger partial charge in [-0.05, 0) is 53.1 Å². The smallest absolute Gasteiger partial charge is 0.250 e. The first-order valence-electron chi connectivity index (χ1n) is 10.7. The van der Waals surface area contributed by atoms with Gasteiger partial charge in [0.25, 0.3) is 5.56 Å². The molecule has 0 bridgehead atoms. The molecule has 1 heterocycles. The monoisotopic (exact) mass is 436 g/mol. The molecule has 0 aliphatic heterocycles. The zero-order valence-electron chi connectivity index (χ0n) is 18.1. The summed E-state index contributed by atoms with van der Waals surface area (Å²) in [6.07, 6.45) is 5.00. The van der Waals surface area contributed by atoms with E-state index in [2.05, 4.69) is 5.32 Å². The summed E-state index contributed by atoms with van der Waals surface area (Å²) in [4.78, 5) is 24.2. The fourth-order valence-electron chi connectivity index (χ4n) is 3.29. The van der Waals surface area contributed by atoms with Crippen LogP contribution in [0.5, 0.6) is 5.75 Å². The van der Waals surface area contributed by atoms with E-state index in [-0.39, 0.29) is 11.5 Å². The number of nitrogens with one attached hydrogen (secondary N) is 1. The summed E-state index contributed by atoms with van der Waals surface area (Å²) in [5.41, 5.74) is 3.59. The molecule has 4 aromatic rings. The van der Waals surface area contributed by atoms with Gasteiger partial charge in [-0.3, -0.25) is 9.59 Å². The van der Waals surface area contributed by atoms with Crippen LogP contribution in [0.3, 0.4) is 0 Å². The molecule has 0 saturated carbocycles. The van der Waals surface area contributed by atoms with Gasteiger partial charge in [0, 0.05) is 24.0 Å². The maximum absolute atomic E-state index is 12.3. The van der Waals surface area contributed by atoms with Crippen LogP contribution in [0, 0.1) is 0 Å². The second kappa shape index (κ2) is 10.8. The van der Waals surface area contributed by atoms with Crippen LogP contribution in [0.15, 0.2) is 114 Å². The summed E-state index contributed by atoms with van der Waals surface area (Å²) in [5, 5.41) is 2.85. The van der Waals surface area contributed by atoms with Crippen molar-refractivity contribution in [3.05, 3.63) is 136 Å². The number of hydrogen-bond donors (Lipinski definition) is 1. The number of hydrogen-bond acceptors (Lipinski definition) is 3. The first-order chi connectivity index (χ1) is 16.2. The van der Waals surface area contributed by atoms with Gasteiger partial charge < -0.3 is 14.6 Å². The van der Waals surface area contributed by atoms with Crippen molar-refractivity contribution in [3.63, 3.8) is 0 Å². The number of benzene rings is 3. The summed E-state index contributed by atoms with van der Waals surface area (Å²) in [6, 6.07) is 30.1. The Bertz CT molecular complexity index is 1290. The lowest BCUT2D eigenvalue weighted by atomic mass is 10.2. The number of amides is 1. The SMILES string of the molecule is O=C(C=Cc1cccc(OCc2ccccc2)c1)Nc1ccc(Cn2ccccc2=O)cc1. The van der Waals surface area contributed by atoms with Crippen molar-refractivity contribution < 1.29 is 9.53 Å². The van der Waals surface area contributed by atoms with E-state index in [1.54, 1.807) is 22.9 Å². The molecule has 0 saturated heterocycles. The second-order valence-electron chi connectivity index (χ2n) is 7.53. The number of aromatic nitrogens is 1. The molecule has 1 aromatic heterocycles. The number of carbonyl (C=O) groups excluding carboxylic acids is 1. The van der Waals surface area contributed by atoms with Crippen LogP contribution in [0.2, 0.25) is 0 Å². The van der Waals surface area contributed by atoms with Crippen LogP contribution in [-0.2, 0) is 17.9 Å². The Morgan fingerprint density at radius 1 is 0.848 bits per heavy atom. The van der Waals surface area contributed by atoms with Crippen molar-refractivity contribution in [2.24, 2.45) is 0 Å². The normalized spacial score (nSPS) is 10.8. The van der Waals surface area contributed by atoms with Gasteiger partial charge in [-0.15, -0.1) is 0 Å². The highest BCUT2D eigenvalue weighted by atomic mass is 16.5. The third kappa shape index (κ3) is 6.55. The average Bonchev–Trinajstić information content (AvgIpc) is 2.85. The predicted molar refractivity (Wildman–Crippen MR) is 131 cm³/mol. The summed E-state index contributed by atoms with van der Waals surface area (Å²) >= 11 is 0. The van der Waals surface area contributed by atoms with Crippen molar-refractivity contribution >= 4 is 17.7 Å². The molecule has 0 spiro atoms. The Hall–Kier alpha value is -4.38. The van der Waals surface area contributed by atoms with Gasteiger partial charge in [-0.1, -0.05) is 60.7 Å². The molecule has 0 fully saturated rings. The number of ether oxygens (including phenoxy) is 1. The van der Waals surface area contributed by atoms with Crippen molar-refractivity contribution in [3.8, 4) is 5.75 Å². The first-order valence-corrected chi connectivity index (χ1v) is 10.7. The van der Waals surface area contributed by atoms with Crippen LogP contribution < -0.4 is 15.6 Å². The van der Waals surface area contributed by atoms with Gasteiger partial charge in [0.1, 0.15) is 12.4 Å². The molecule has 5 heteroatoms. The molecule has 0 atom stereocenters. The topological polar surface area (TPSA) is 60.3 Å². The minimum Gasteiger partial charge on any atom is -0.489 e. The number of pyridine rings is 1. The number of carbonyl (C=O) groups is 1. The summed E-state index contributed by atoms with van der Waals surface area (Å²) in [5.74, 6) is 0.521. The van der Waals surface area contributed by atoms with Crippen molar-refractivity contribution in [2.75, 3.05) is 5.32 Å². The van der Waals surface area contributed by atoms with E-state index >= 15 is 0 Å². The van der Waals surface area contributed by atoms with Crippen LogP contribution >= 0.6 is 0 Å². The zero-order valence-corrected chi connectivity index (χ0v) is 18.1. The zero-order chi connectivity index (χ0) is 22.9. The molecule has 164 valence electrons. The molecular formula is C28H24N2O3. The van der Waals surface area contributed by atoms with Crippen LogP contribution in [-0.4, -0.2) is 10.5 Å². The maximum Gasteiger partial charge on any atom is 0.250 e. The summed E-state index contributed by atoms with van der Waals surface area (Å²) < 4.78 is 7.47. The van der Waals surface area contributed by atoms with E-state index in [1.807, 2.05) is 84.9 Å². The molecule has 0 radical (unpaired) electrons. The molecule has 1 N–H and O–H groups in total. The fraction of sp³-hybridized carbons (Fsp3) is 0.0714. The van der Waals surface area contributed by atoms with Crippen molar-refractivity contribution in [1.29, 1.82) is 0 Å². The number of anilines is 1. The molecule has 0 unspecified atom stereocenters. The molecule has 0 aliphatic rings. The Labute approximate surface area is 192 Å².